The van der Waals surface area contributed by atoms with Gasteiger partial charge >= 0.3 is 0 Å². The Balaban J connectivity index is 1.84. The molecule has 152 valence electrons. The van der Waals surface area contributed by atoms with Crippen LogP contribution in [0.4, 0.5) is 0 Å². The van der Waals surface area contributed by atoms with Crippen LogP contribution in [0, 0.1) is 0 Å². The lowest BCUT2D eigenvalue weighted by molar-refractivity contribution is 0.0698. The molecule has 0 amide bonds. The predicted molar refractivity (Wildman–Crippen MR) is 109 cm³/mol. The van der Waals surface area contributed by atoms with E-state index in [4.69, 9.17) is 9.47 Å². The van der Waals surface area contributed by atoms with E-state index in [1.54, 1.807) is 16.4 Å². The highest BCUT2D eigenvalue weighted by atomic mass is 32.2. The van der Waals surface area contributed by atoms with Crippen molar-refractivity contribution in [3.8, 4) is 11.5 Å². The molecule has 2 atom stereocenters. The van der Waals surface area contributed by atoms with Gasteiger partial charge in [0, 0.05) is 37.8 Å². The maximum absolute atomic E-state index is 13.4. The molecule has 7 heteroatoms. The van der Waals surface area contributed by atoms with E-state index in [1.165, 1.54) is 25.8 Å². The molecule has 2 aromatic rings. The summed E-state index contributed by atoms with van der Waals surface area (Å²) in [5, 5.41) is 0. The number of piperazine rings is 1. The van der Waals surface area contributed by atoms with Gasteiger partial charge in [-0.05, 0) is 31.5 Å². The summed E-state index contributed by atoms with van der Waals surface area (Å²) in [6.45, 7) is 5.81. The second-order valence-electron chi connectivity index (χ2n) is 7.19. The van der Waals surface area contributed by atoms with Crippen LogP contribution in [0.1, 0.15) is 19.4 Å². The van der Waals surface area contributed by atoms with E-state index in [1.807, 2.05) is 18.2 Å². The first-order valence-corrected chi connectivity index (χ1v) is 10.8. The summed E-state index contributed by atoms with van der Waals surface area (Å²) in [7, 11) is -0.703. The van der Waals surface area contributed by atoms with Crippen molar-refractivity contribution in [2.45, 2.75) is 37.4 Å². The number of sulfonamides is 1. The van der Waals surface area contributed by atoms with Crippen LogP contribution in [0.3, 0.4) is 0 Å². The standard InChI is InChI=1S/C21H28N2O4S/c1-16-13-22(14-17(2)23(16)15-18-8-6-5-7-9-18)28(24,25)21-12-19(26-3)10-11-20(21)27-4/h5-12,16-17H,13-15H2,1-4H3. The van der Waals surface area contributed by atoms with Gasteiger partial charge in [0.1, 0.15) is 16.4 Å². The molecule has 1 heterocycles. The maximum atomic E-state index is 13.4. The molecule has 28 heavy (non-hydrogen) atoms. The summed E-state index contributed by atoms with van der Waals surface area (Å²) in [6, 6.07) is 15.3. The van der Waals surface area contributed by atoms with Crippen LogP contribution in [0.5, 0.6) is 11.5 Å². The number of hydrogen-bond donors (Lipinski definition) is 0. The molecule has 0 spiro atoms. The monoisotopic (exact) mass is 404 g/mol. The second kappa shape index (κ2) is 8.51. The second-order valence-corrected chi connectivity index (χ2v) is 9.10. The third kappa shape index (κ3) is 4.16. The van der Waals surface area contributed by atoms with Gasteiger partial charge in [-0.1, -0.05) is 30.3 Å². The molecule has 0 radical (unpaired) electrons. The van der Waals surface area contributed by atoms with E-state index >= 15 is 0 Å². The molecule has 0 saturated carbocycles. The van der Waals surface area contributed by atoms with E-state index in [9.17, 15) is 8.42 Å². The lowest BCUT2D eigenvalue weighted by atomic mass is 10.1. The zero-order valence-electron chi connectivity index (χ0n) is 16.8. The van der Waals surface area contributed by atoms with Gasteiger partial charge in [-0.15, -0.1) is 0 Å². The van der Waals surface area contributed by atoms with Gasteiger partial charge in [0.2, 0.25) is 10.0 Å². The van der Waals surface area contributed by atoms with Crippen molar-refractivity contribution in [2.24, 2.45) is 0 Å². The number of hydrogen-bond acceptors (Lipinski definition) is 5. The average molecular weight is 405 g/mol. The summed E-state index contributed by atoms with van der Waals surface area (Å²) in [4.78, 5) is 2.50. The Morgan fingerprint density at radius 3 is 2.18 bits per heavy atom. The van der Waals surface area contributed by atoms with Crippen LogP contribution >= 0.6 is 0 Å². The zero-order chi connectivity index (χ0) is 20.3. The minimum Gasteiger partial charge on any atom is -0.497 e. The molecule has 1 aliphatic heterocycles. The van der Waals surface area contributed by atoms with Crippen LogP contribution in [-0.4, -0.2) is 57.0 Å². The molecule has 3 rings (SSSR count). The summed E-state index contributed by atoms with van der Waals surface area (Å²) >= 11 is 0. The summed E-state index contributed by atoms with van der Waals surface area (Å²) in [5.41, 5.74) is 1.23. The van der Waals surface area contributed by atoms with Crippen LogP contribution in [0.25, 0.3) is 0 Å². The SMILES string of the molecule is COc1ccc(OC)c(S(=O)(=O)N2CC(C)N(Cc3ccccc3)C(C)C2)c1. The Bertz CT molecular complexity index is 890. The molecule has 2 aromatic carbocycles. The van der Waals surface area contributed by atoms with E-state index in [0.717, 1.165) is 6.54 Å². The smallest absolute Gasteiger partial charge is 0.247 e. The number of benzene rings is 2. The normalized spacial score (nSPS) is 21.4. The zero-order valence-corrected chi connectivity index (χ0v) is 17.6. The highest BCUT2D eigenvalue weighted by molar-refractivity contribution is 7.89. The predicted octanol–water partition coefficient (Wildman–Crippen LogP) is 2.99. The van der Waals surface area contributed by atoms with Gasteiger partial charge in [-0.25, -0.2) is 8.42 Å². The molecule has 1 fully saturated rings. The van der Waals surface area contributed by atoms with E-state index in [0.29, 0.717) is 24.6 Å². The fraction of sp³-hybridized carbons (Fsp3) is 0.429. The van der Waals surface area contributed by atoms with Crippen molar-refractivity contribution in [1.29, 1.82) is 0 Å². The summed E-state index contributed by atoms with van der Waals surface area (Å²) in [6.07, 6.45) is 0. The van der Waals surface area contributed by atoms with Crippen molar-refractivity contribution < 1.29 is 17.9 Å². The summed E-state index contributed by atoms with van der Waals surface area (Å²) < 4.78 is 38.8. The first kappa shape index (κ1) is 20.6. The Morgan fingerprint density at radius 2 is 1.61 bits per heavy atom. The Labute approximate surface area is 167 Å². The van der Waals surface area contributed by atoms with Gasteiger partial charge in [-0.3, -0.25) is 4.90 Å². The van der Waals surface area contributed by atoms with E-state index in [2.05, 4.69) is 30.9 Å². The molecule has 1 saturated heterocycles. The molecule has 0 N–H and O–H groups in total. The van der Waals surface area contributed by atoms with E-state index in [-0.39, 0.29) is 17.0 Å². The number of nitrogens with zero attached hydrogens (tertiary/aromatic N) is 2. The van der Waals surface area contributed by atoms with Crippen LogP contribution in [0.2, 0.25) is 0 Å². The number of methoxy groups -OCH3 is 2. The van der Waals surface area contributed by atoms with Gasteiger partial charge in [0.25, 0.3) is 0 Å². The summed E-state index contributed by atoms with van der Waals surface area (Å²) in [5.74, 6) is 0.816. The Kier molecular flexibility index (Phi) is 6.27. The minimum atomic E-state index is -3.70. The van der Waals surface area contributed by atoms with Gasteiger partial charge in [-0.2, -0.15) is 4.31 Å². The molecule has 6 nitrogen and oxygen atoms in total. The van der Waals surface area contributed by atoms with Crippen molar-refractivity contribution in [3.05, 3.63) is 54.1 Å². The largest absolute Gasteiger partial charge is 0.497 e. The lowest BCUT2D eigenvalue weighted by Gasteiger charge is -2.43. The molecule has 0 aromatic heterocycles. The first-order valence-electron chi connectivity index (χ1n) is 9.38. The van der Waals surface area contributed by atoms with Gasteiger partial charge < -0.3 is 9.47 Å². The molecule has 2 unspecified atom stereocenters. The molecular formula is C21H28N2O4S. The number of ether oxygens (including phenoxy) is 2. The van der Waals surface area contributed by atoms with Gasteiger partial charge in [0.15, 0.2) is 0 Å². The third-order valence-corrected chi connectivity index (χ3v) is 7.12. The fourth-order valence-corrected chi connectivity index (χ4v) is 5.51. The Morgan fingerprint density at radius 1 is 0.964 bits per heavy atom. The van der Waals surface area contributed by atoms with Crippen molar-refractivity contribution in [2.75, 3.05) is 27.3 Å². The van der Waals surface area contributed by atoms with Gasteiger partial charge in [0.05, 0.1) is 14.2 Å². The van der Waals surface area contributed by atoms with E-state index < -0.39 is 10.0 Å². The lowest BCUT2D eigenvalue weighted by Crippen LogP contribution is -2.57. The first-order chi connectivity index (χ1) is 13.4. The quantitative estimate of drug-likeness (QED) is 0.741. The Hall–Kier alpha value is -2.09. The topological polar surface area (TPSA) is 59.1 Å². The third-order valence-electron chi connectivity index (χ3n) is 5.26. The molecule has 1 aliphatic rings. The average Bonchev–Trinajstić information content (AvgIpc) is 2.70. The maximum Gasteiger partial charge on any atom is 0.247 e. The van der Waals surface area contributed by atoms with Crippen molar-refractivity contribution in [3.63, 3.8) is 0 Å². The number of rotatable bonds is 6. The van der Waals surface area contributed by atoms with Crippen molar-refractivity contribution >= 4 is 10.0 Å². The highest BCUT2D eigenvalue weighted by Gasteiger charge is 2.37. The molecule has 0 bridgehead atoms. The molecule has 0 aliphatic carbocycles. The highest BCUT2D eigenvalue weighted by Crippen LogP contribution is 2.32. The fourth-order valence-electron chi connectivity index (χ4n) is 3.73. The van der Waals surface area contributed by atoms with Crippen LogP contribution in [0.15, 0.2) is 53.4 Å². The van der Waals surface area contributed by atoms with Crippen LogP contribution in [-0.2, 0) is 16.6 Å². The minimum absolute atomic E-state index is 0.0929. The van der Waals surface area contributed by atoms with Crippen LogP contribution < -0.4 is 9.47 Å². The molecular weight excluding hydrogens is 376 g/mol. The van der Waals surface area contributed by atoms with Crippen molar-refractivity contribution in [1.82, 2.24) is 9.21 Å².